The van der Waals surface area contributed by atoms with E-state index in [1.165, 1.54) is 47.4 Å². The average molecular weight is 432 g/mol. The molecule has 158 valence electrons. The highest BCUT2D eigenvalue weighted by Crippen LogP contribution is 2.22. The number of hydrogen-bond donors (Lipinski definition) is 0. The molecule has 1 fully saturated rings. The number of aryl methyl sites for hydroxylation is 2. The van der Waals surface area contributed by atoms with Crippen LogP contribution in [-0.4, -0.2) is 58.8 Å². The van der Waals surface area contributed by atoms with Crippen LogP contribution < -0.4 is 11.1 Å². The predicted molar refractivity (Wildman–Crippen MR) is 108 cm³/mol. The van der Waals surface area contributed by atoms with E-state index in [-0.39, 0.29) is 42.7 Å². The van der Waals surface area contributed by atoms with Gasteiger partial charge in [-0.05, 0) is 30.3 Å². The predicted octanol–water partition coefficient (Wildman–Crippen LogP) is -0.0231. The molecule has 1 aromatic carbocycles. The Balaban J connectivity index is 1.61. The molecule has 3 heterocycles. The van der Waals surface area contributed by atoms with Crippen molar-refractivity contribution in [2.24, 2.45) is 14.1 Å². The zero-order valence-electron chi connectivity index (χ0n) is 16.4. The summed E-state index contributed by atoms with van der Waals surface area (Å²) in [4.78, 5) is 38.0. The number of aromatic nitrogens is 2. The molecule has 0 N–H and O–H groups in total. The third kappa shape index (κ3) is 3.15. The molecule has 30 heavy (non-hydrogen) atoms. The van der Waals surface area contributed by atoms with Crippen LogP contribution in [0.4, 0.5) is 0 Å². The fourth-order valence-corrected chi connectivity index (χ4v) is 5.00. The van der Waals surface area contributed by atoms with Gasteiger partial charge in [0.05, 0.1) is 22.2 Å². The van der Waals surface area contributed by atoms with Crippen molar-refractivity contribution in [1.82, 2.24) is 18.3 Å². The number of carbonyl (C=O) groups is 1. The van der Waals surface area contributed by atoms with Gasteiger partial charge >= 0.3 is 11.1 Å². The van der Waals surface area contributed by atoms with Crippen LogP contribution in [0, 0.1) is 0 Å². The summed E-state index contributed by atoms with van der Waals surface area (Å²) in [6.45, 7) is 0.747. The Morgan fingerprint density at radius 1 is 0.933 bits per heavy atom. The molecule has 10 nitrogen and oxygen atoms in total. The van der Waals surface area contributed by atoms with Gasteiger partial charge in [-0.15, -0.1) is 0 Å². The molecule has 0 saturated carbocycles. The van der Waals surface area contributed by atoms with Crippen molar-refractivity contribution in [3.05, 3.63) is 63.1 Å². The first-order valence-corrected chi connectivity index (χ1v) is 10.7. The molecule has 11 heteroatoms. The largest absolute Gasteiger partial charge is 0.459 e. The van der Waals surface area contributed by atoms with E-state index in [0.29, 0.717) is 11.0 Å². The summed E-state index contributed by atoms with van der Waals surface area (Å²) >= 11 is 0. The standard InChI is InChI=1S/C19H20N4O6S/c1-20-14-6-5-13(12-15(14)21(2)19(26)18(20)25)30(27,28)23-9-7-22(8-10-23)17(24)16-4-3-11-29-16/h3-6,11-12H,7-10H2,1-2H3. The quantitative estimate of drug-likeness (QED) is 0.537. The van der Waals surface area contributed by atoms with Gasteiger partial charge in [0, 0.05) is 40.3 Å². The van der Waals surface area contributed by atoms with Crippen LogP contribution in [-0.2, 0) is 24.1 Å². The Kier molecular flexibility index (Phi) is 4.86. The van der Waals surface area contributed by atoms with Crippen LogP contribution in [0.2, 0.25) is 0 Å². The van der Waals surface area contributed by atoms with Crippen LogP contribution in [0.1, 0.15) is 10.6 Å². The summed E-state index contributed by atoms with van der Waals surface area (Å²) in [6, 6.07) is 7.52. The second-order valence-corrected chi connectivity index (χ2v) is 8.99. The molecule has 0 bridgehead atoms. The fourth-order valence-electron chi connectivity index (χ4n) is 3.56. The molecule has 2 aromatic heterocycles. The van der Waals surface area contributed by atoms with Crippen LogP contribution in [0.25, 0.3) is 11.0 Å². The van der Waals surface area contributed by atoms with Crippen LogP contribution in [0.3, 0.4) is 0 Å². The number of hydrogen-bond acceptors (Lipinski definition) is 6. The number of fused-ring (bicyclic) bond motifs is 1. The normalized spacial score (nSPS) is 15.6. The van der Waals surface area contributed by atoms with Crippen molar-refractivity contribution in [2.45, 2.75) is 4.90 Å². The lowest BCUT2D eigenvalue weighted by molar-refractivity contribution is 0.0666. The van der Waals surface area contributed by atoms with Gasteiger partial charge in [0.2, 0.25) is 10.0 Å². The van der Waals surface area contributed by atoms with Crippen molar-refractivity contribution in [1.29, 1.82) is 0 Å². The van der Waals surface area contributed by atoms with Crippen LogP contribution >= 0.6 is 0 Å². The number of benzene rings is 1. The summed E-state index contributed by atoms with van der Waals surface area (Å²) in [6.07, 6.45) is 1.41. The van der Waals surface area contributed by atoms with Crippen LogP contribution in [0.15, 0.2) is 55.5 Å². The van der Waals surface area contributed by atoms with E-state index in [0.717, 1.165) is 4.57 Å². The highest BCUT2D eigenvalue weighted by atomic mass is 32.2. The van der Waals surface area contributed by atoms with Gasteiger partial charge in [0.15, 0.2) is 5.76 Å². The third-order valence-electron chi connectivity index (χ3n) is 5.36. The van der Waals surface area contributed by atoms with E-state index in [9.17, 15) is 22.8 Å². The molecule has 0 aliphatic carbocycles. The van der Waals surface area contributed by atoms with E-state index in [2.05, 4.69) is 0 Å². The van der Waals surface area contributed by atoms with Crippen molar-refractivity contribution in [3.63, 3.8) is 0 Å². The van der Waals surface area contributed by atoms with Crippen molar-refractivity contribution in [2.75, 3.05) is 26.2 Å². The summed E-state index contributed by atoms with van der Waals surface area (Å²) in [5.41, 5.74) is -0.618. The molecule has 1 aliphatic heterocycles. The molecular weight excluding hydrogens is 412 g/mol. The zero-order valence-corrected chi connectivity index (χ0v) is 17.3. The van der Waals surface area contributed by atoms with Gasteiger partial charge in [-0.3, -0.25) is 14.4 Å². The summed E-state index contributed by atoms with van der Waals surface area (Å²) in [5.74, 6) is -0.0639. The number of amides is 1. The molecule has 1 amide bonds. The van der Waals surface area contributed by atoms with Gasteiger partial charge in [-0.1, -0.05) is 0 Å². The highest BCUT2D eigenvalue weighted by molar-refractivity contribution is 7.89. The van der Waals surface area contributed by atoms with Crippen molar-refractivity contribution in [3.8, 4) is 0 Å². The molecular formula is C19H20N4O6S. The van der Waals surface area contributed by atoms with Crippen molar-refractivity contribution < 1.29 is 17.6 Å². The minimum absolute atomic E-state index is 0.0226. The first-order chi connectivity index (χ1) is 14.2. The first kappa shape index (κ1) is 20.1. The number of nitrogens with zero attached hydrogens (tertiary/aromatic N) is 4. The summed E-state index contributed by atoms with van der Waals surface area (Å²) in [5, 5.41) is 0. The van der Waals surface area contributed by atoms with Gasteiger partial charge in [-0.2, -0.15) is 4.31 Å². The molecule has 0 atom stereocenters. The zero-order chi connectivity index (χ0) is 21.6. The van der Waals surface area contributed by atoms with Crippen molar-refractivity contribution >= 4 is 27.0 Å². The Morgan fingerprint density at radius 3 is 2.17 bits per heavy atom. The molecule has 1 aliphatic rings. The molecule has 4 rings (SSSR count). The Morgan fingerprint density at radius 2 is 1.57 bits per heavy atom. The van der Waals surface area contributed by atoms with E-state index in [4.69, 9.17) is 4.42 Å². The minimum Gasteiger partial charge on any atom is -0.459 e. The molecule has 1 saturated heterocycles. The van der Waals surface area contributed by atoms with Crippen LogP contribution in [0.5, 0.6) is 0 Å². The fraction of sp³-hybridized carbons (Fsp3) is 0.316. The van der Waals surface area contributed by atoms with Gasteiger partial charge in [0.1, 0.15) is 0 Å². The van der Waals surface area contributed by atoms with Gasteiger partial charge < -0.3 is 18.5 Å². The molecule has 0 spiro atoms. The lowest BCUT2D eigenvalue weighted by Crippen LogP contribution is -2.50. The monoisotopic (exact) mass is 432 g/mol. The number of rotatable bonds is 3. The molecule has 0 radical (unpaired) electrons. The SMILES string of the molecule is Cn1c(=O)c(=O)n(C)c2cc(S(=O)(=O)N3CCN(C(=O)c4ccco4)CC3)ccc21. The highest BCUT2D eigenvalue weighted by Gasteiger charge is 2.31. The number of furan rings is 1. The molecule has 3 aromatic rings. The lowest BCUT2D eigenvalue weighted by atomic mass is 10.3. The van der Waals surface area contributed by atoms with Gasteiger partial charge in [-0.25, -0.2) is 8.42 Å². The Labute approximate surface area is 171 Å². The third-order valence-corrected chi connectivity index (χ3v) is 7.25. The van der Waals surface area contributed by atoms with E-state index in [1.807, 2.05) is 0 Å². The van der Waals surface area contributed by atoms with E-state index >= 15 is 0 Å². The maximum absolute atomic E-state index is 13.1. The minimum atomic E-state index is -3.84. The maximum Gasteiger partial charge on any atom is 0.316 e. The maximum atomic E-state index is 13.1. The van der Waals surface area contributed by atoms with E-state index < -0.39 is 21.1 Å². The molecule has 0 unspecified atom stereocenters. The first-order valence-electron chi connectivity index (χ1n) is 9.24. The summed E-state index contributed by atoms with van der Waals surface area (Å²) in [7, 11) is -0.940. The number of sulfonamides is 1. The Hall–Kier alpha value is -3.18. The summed E-state index contributed by atoms with van der Waals surface area (Å²) < 4.78 is 35.0. The second kappa shape index (κ2) is 7.26. The topological polar surface area (TPSA) is 115 Å². The number of piperazine rings is 1. The lowest BCUT2D eigenvalue weighted by Gasteiger charge is -2.33. The second-order valence-electron chi connectivity index (χ2n) is 7.05. The van der Waals surface area contributed by atoms with E-state index in [1.54, 1.807) is 17.0 Å². The Bertz CT molecular complexity index is 1350. The van der Waals surface area contributed by atoms with Gasteiger partial charge in [0.25, 0.3) is 5.91 Å². The smallest absolute Gasteiger partial charge is 0.316 e. The average Bonchev–Trinajstić information content (AvgIpc) is 3.30. The number of carbonyl (C=O) groups excluding carboxylic acids is 1.